The van der Waals surface area contributed by atoms with Gasteiger partial charge in [0.1, 0.15) is 11.0 Å². The van der Waals surface area contributed by atoms with Crippen molar-refractivity contribution in [3.8, 4) is 11.4 Å². The van der Waals surface area contributed by atoms with E-state index in [4.69, 9.17) is 16.1 Å². The Balaban J connectivity index is 1.23. The highest BCUT2D eigenvalue weighted by Gasteiger charge is 2.21. The van der Waals surface area contributed by atoms with E-state index in [1.54, 1.807) is 0 Å². The Kier molecular flexibility index (Phi) is 5.11. The summed E-state index contributed by atoms with van der Waals surface area (Å²) in [5, 5.41) is 6.79. The third kappa shape index (κ3) is 3.88. The van der Waals surface area contributed by atoms with E-state index in [2.05, 4.69) is 56.1 Å². The van der Waals surface area contributed by atoms with Crippen LogP contribution in [-0.2, 0) is 6.54 Å². The minimum absolute atomic E-state index is 0.556. The number of hydrogen-bond donors (Lipinski definition) is 0. The second-order valence-corrected chi connectivity index (χ2v) is 7.99. The van der Waals surface area contributed by atoms with Crippen LogP contribution >= 0.6 is 11.6 Å². The van der Waals surface area contributed by atoms with Crippen molar-refractivity contribution < 1.29 is 4.52 Å². The molecule has 30 heavy (non-hydrogen) atoms. The zero-order valence-corrected chi connectivity index (χ0v) is 17.5. The van der Waals surface area contributed by atoms with E-state index in [1.807, 2.05) is 30.3 Å². The van der Waals surface area contributed by atoms with Gasteiger partial charge in [0.05, 0.1) is 6.54 Å². The first kappa shape index (κ1) is 19.0. The van der Waals surface area contributed by atoms with Gasteiger partial charge in [-0.05, 0) is 18.4 Å². The molecule has 1 aliphatic rings. The van der Waals surface area contributed by atoms with Gasteiger partial charge in [-0.1, -0.05) is 70.9 Å². The van der Waals surface area contributed by atoms with Gasteiger partial charge in [0.25, 0.3) is 0 Å². The van der Waals surface area contributed by atoms with Crippen molar-refractivity contribution in [1.82, 2.24) is 20.0 Å². The van der Waals surface area contributed by atoms with Crippen LogP contribution in [0.3, 0.4) is 0 Å². The highest BCUT2D eigenvalue weighted by atomic mass is 35.5. The second kappa shape index (κ2) is 8.05. The van der Waals surface area contributed by atoms with Gasteiger partial charge in [-0.15, -0.1) is 0 Å². The van der Waals surface area contributed by atoms with Crippen LogP contribution in [0.15, 0.2) is 59.1 Å². The van der Waals surface area contributed by atoms with Crippen LogP contribution in [0.1, 0.15) is 11.5 Å². The first-order chi connectivity index (χ1) is 14.7. The van der Waals surface area contributed by atoms with Crippen molar-refractivity contribution in [3.63, 3.8) is 0 Å². The van der Waals surface area contributed by atoms with Crippen LogP contribution in [0.4, 0.5) is 5.82 Å². The molecule has 3 heterocycles. The van der Waals surface area contributed by atoms with Gasteiger partial charge in [-0.2, -0.15) is 4.98 Å². The molecule has 0 radical (unpaired) electrons. The summed E-state index contributed by atoms with van der Waals surface area (Å²) in [6.45, 7) is 6.26. The van der Waals surface area contributed by atoms with Crippen molar-refractivity contribution in [1.29, 1.82) is 0 Å². The molecular weight excluding hydrogens is 398 g/mol. The normalized spacial score (nSPS) is 15.1. The van der Waals surface area contributed by atoms with Crippen molar-refractivity contribution in [2.75, 3.05) is 31.1 Å². The molecule has 0 unspecified atom stereocenters. The molecular formula is C23H22ClN5O. The van der Waals surface area contributed by atoms with Gasteiger partial charge >= 0.3 is 0 Å². The molecule has 0 amide bonds. The molecule has 0 atom stereocenters. The predicted octanol–water partition coefficient (Wildman–Crippen LogP) is 4.57. The summed E-state index contributed by atoms with van der Waals surface area (Å²) < 4.78 is 5.48. The zero-order chi connectivity index (χ0) is 20.5. The maximum absolute atomic E-state index is 6.40. The van der Waals surface area contributed by atoms with Crippen LogP contribution < -0.4 is 4.90 Å². The molecule has 152 valence electrons. The topological polar surface area (TPSA) is 58.3 Å². The molecule has 0 aliphatic carbocycles. The molecule has 1 fully saturated rings. The van der Waals surface area contributed by atoms with Crippen molar-refractivity contribution in [3.05, 3.63) is 71.2 Å². The van der Waals surface area contributed by atoms with Crippen molar-refractivity contribution >= 4 is 28.2 Å². The van der Waals surface area contributed by atoms with E-state index >= 15 is 0 Å². The summed E-state index contributed by atoms with van der Waals surface area (Å²) >= 11 is 6.40. The standard InChI is InChI=1S/C23H22ClN5O/c1-16-6-8-17(9-7-16)23-26-21(30-27-23)15-28-10-12-29(13-11-28)20-14-18-4-2-3-5-19(18)22(24)25-20/h2-9,14H,10-13,15H2,1H3. The number of hydrogen-bond acceptors (Lipinski definition) is 6. The first-order valence-corrected chi connectivity index (χ1v) is 10.5. The number of anilines is 1. The number of pyridine rings is 1. The SMILES string of the molecule is Cc1ccc(-c2noc(CN3CCN(c4cc5ccccc5c(Cl)n4)CC3)n2)cc1. The number of rotatable bonds is 4. The smallest absolute Gasteiger partial charge is 0.241 e. The summed E-state index contributed by atoms with van der Waals surface area (Å²) in [6.07, 6.45) is 0. The molecule has 0 saturated carbocycles. The maximum Gasteiger partial charge on any atom is 0.241 e. The van der Waals surface area contributed by atoms with Gasteiger partial charge < -0.3 is 9.42 Å². The number of aryl methyl sites for hydroxylation is 1. The molecule has 0 N–H and O–H groups in total. The highest BCUT2D eigenvalue weighted by Crippen LogP contribution is 2.27. The van der Waals surface area contributed by atoms with Crippen LogP contribution in [0.5, 0.6) is 0 Å². The fourth-order valence-corrected chi connectivity index (χ4v) is 4.03. The van der Waals surface area contributed by atoms with Crippen LogP contribution in [0, 0.1) is 6.92 Å². The van der Waals surface area contributed by atoms with E-state index in [0.29, 0.717) is 23.4 Å². The Morgan fingerprint density at radius 3 is 2.53 bits per heavy atom. The van der Waals surface area contributed by atoms with Crippen molar-refractivity contribution in [2.45, 2.75) is 13.5 Å². The Labute approximate surface area is 180 Å². The summed E-state index contributed by atoms with van der Waals surface area (Å²) in [5.74, 6) is 2.21. The molecule has 0 bridgehead atoms. The number of nitrogens with zero attached hydrogens (tertiary/aromatic N) is 5. The van der Waals surface area contributed by atoms with E-state index in [0.717, 1.165) is 48.3 Å². The number of aromatic nitrogens is 3. The summed E-state index contributed by atoms with van der Waals surface area (Å²) in [6, 6.07) is 18.3. The average Bonchev–Trinajstić information content (AvgIpc) is 3.23. The Morgan fingerprint density at radius 1 is 0.967 bits per heavy atom. The number of piperazine rings is 1. The monoisotopic (exact) mass is 419 g/mol. The molecule has 5 rings (SSSR count). The Morgan fingerprint density at radius 2 is 1.73 bits per heavy atom. The zero-order valence-electron chi connectivity index (χ0n) is 16.8. The lowest BCUT2D eigenvalue weighted by Gasteiger charge is -2.34. The minimum atomic E-state index is 0.556. The van der Waals surface area contributed by atoms with Gasteiger partial charge in [0.2, 0.25) is 11.7 Å². The van der Waals surface area contributed by atoms with Gasteiger partial charge in [0.15, 0.2) is 0 Å². The van der Waals surface area contributed by atoms with Crippen molar-refractivity contribution in [2.24, 2.45) is 0 Å². The largest absolute Gasteiger partial charge is 0.354 e. The fraction of sp³-hybridized carbons (Fsp3) is 0.261. The summed E-state index contributed by atoms with van der Waals surface area (Å²) in [5.41, 5.74) is 2.18. The number of benzene rings is 2. The average molecular weight is 420 g/mol. The lowest BCUT2D eigenvalue weighted by Crippen LogP contribution is -2.46. The summed E-state index contributed by atoms with van der Waals surface area (Å²) in [4.78, 5) is 13.8. The van der Waals surface area contributed by atoms with E-state index in [1.165, 1.54) is 5.56 Å². The third-order valence-electron chi connectivity index (χ3n) is 5.51. The van der Waals surface area contributed by atoms with E-state index in [9.17, 15) is 0 Å². The Hall–Kier alpha value is -2.96. The highest BCUT2D eigenvalue weighted by molar-refractivity contribution is 6.34. The third-order valence-corrected chi connectivity index (χ3v) is 5.80. The lowest BCUT2D eigenvalue weighted by atomic mass is 10.1. The second-order valence-electron chi connectivity index (χ2n) is 7.63. The van der Waals surface area contributed by atoms with Crippen LogP contribution in [-0.4, -0.2) is 46.2 Å². The lowest BCUT2D eigenvalue weighted by molar-refractivity contribution is 0.215. The molecule has 7 heteroatoms. The number of halogens is 1. The molecule has 1 saturated heterocycles. The van der Waals surface area contributed by atoms with Gasteiger partial charge in [0, 0.05) is 37.1 Å². The molecule has 1 aliphatic heterocycles. The molecule has 0 spiro atoms. The quantitative estimate of drug-likeness (QED) is 0.451. The fourth-order valence-electron chi connectivity index (χ4n) is 3.77. The van der Waals surface area contributed by atoms with E-state index < -0.39 is 0 Å². The van der Waals surface area contributed by atoms with Gasteiger partial charge in [-0.3, -0.25) is 4.90 Å². The number of fused-ring (bicyclic) bond motifs is 1. The molecule has 2 aromatic carbocycles. The molecule has 4 aromatic rings. The first-order valence-electron chi connectivity index (χ1n) is 10.1. The van der Waals surface area contributed by atoms with E-state index in [-0.39, 0.29) is 0 Å². The maximum atomic E-state index is 6.40. The Bertz CT molecular complexity index is 1170. The minimum Gasteiger partial charge on any atom is -0.354 e. The predicted molar refractivity (Wildman–Crippen MR) is 119 cm³/mol. The van der Waals surface area contributed by atoms with Crippen LogP contribution in [0.25, 0.3) is 22.2 Å². The molecule has 6 nitrogen and oxygen atoms in total. The van der Waals surface area contributed by atoms with Gasteiger partial charge in [-0.25, -0.2) is 4.98 Å². The van der Waals surface area contributed by atoms with Crippen LogP contribution in [0.2, 0.25) is 5.15 Å². The summed E-state index contributed by atoms with van der Waals surface area (Å²) in [7, 11) is 0. The molecule has 2 aromatic heterocycles.